The Morgan fingerprint density at radius 2 is 2.08 bits per heavy atom. The number of furan rings is 1. The molecule has 0 fully saturated rings. The first kappa shape index (κ1) is 17.0. The van der Waals surface area contributed by atoms with Gasteiger partial charge in [-0.3, -0.25) is 9.59 Å². The van der Waals surface area contributed by atoms with E-state index in [0.29, 0.717) is 16.4 Å². The van der Waals surface area contributed by atoms with Crippen molar-refractivity contribution in [1.29, 1.82) is 0 Å². The number of ether oxygens (including phenoxy) is 1. The van der Waals surface area contributed by atoms with Crippen molar-refractivity contribution in [2.75, 3.05) is 6.61 Å². The molecule has 0 aliphatic rings. The summed E-state index contributed by atoms with van der Waals surface area (Å²) in [5.41, 5.74) is 0. The van der Waals surface area contributed by atoms with Gasteiger partial charge in [0.25, 0.3) is 5.91 Å². The van der Waals surface area contributed by atoms with E-state index < -0.39 is 0 Å². The van der Waals surface area contributed by atoms with Crippen molar-refractivity contribution < 1.29 is 18.3 Å². The SMILES string of the molecule is O=C(NCc1ccco1)c1cn(CCOc2ccc(F)cc2)c(=O)s1. The zero-order valence-electron chi connectivity index (χ0n) is 13.1. The predicted octanol–water partition coefficient (Wildman–Crippen LogP) is 2.65. The highest BCUT2D eigenvalue weighted by Crippen LogP contribution is 2.11. The predicted molar refractivity (Wildman–Crippen MR) is 90.4 cm³/mol. The molecule has 0 spiro atoms. The third-order valence-corrected chi connectivity index (χ3v) is 4.27. The summed E-state index contributed by atoms with van der Waals surface area (Å²) in [6.45, 7) is 0.777. The molecule has 1 N–H and O–H groups in total. The molecule has 0 bridgehead atoms. The van der Waals surface area contributed by atoms with Crippen LogP contribution in [0, 0.1) is 5.82 Å². The summed E-state index contributed by atoms with van der Waals surface area (Å²) in [6.07, 6.45) is 3.02. The van der Waals surface area contributed by atoms with E-state index in [9.17, 15) is 14.0 Å². The van der Waals surface area contributed by atoms with Gasteiger partial charge in [-0.25, -0.2) is 4.39 Å². The van der Waals surface area contributed by atoms with Crippen molar-refractivity contribution in [2.24, 2.45) is 0 Å². The summed E-state index contributed by atoms with van der Waals surface area (Å²) in [7, 11) is 0. The number of rotatable bonds is 7. The highest BCUT2D eigenvalue weighted by molar-refractivity contribution is 7.11. The van der Waals surface area contributed by atoms with Crippen LogP contribution in [0.2, 0.25) is 0 Å². The molecule has 0 unspecified atom stereocenters. The maximum absolute atomic E-state index is 12.8. The number of carbonyl (C=O) groups excluding carboxylic acids is 1. The zero-order chi connectivity index (χ0) is 17.6. The summed E-state index contributed by atoms with van der Waals surface area (Å²) in [6, 6.07) is 9.11. The summed E-state index contributed by atoms with van der Waals surface area (Å²) in [5, 5.41) is 2.69. The third-order valence-electron chi connectivity index (χ3n) is 3.35. The second-order valence-electron chi connectivity index (χ2n) is 5.12. The Hall–Kier alpha value is -2.87. The molecule has 8 heteroatoms. The third kappa shape index (κ3) is 4.57. The van der Waals surface area contributed by atoms with E-state index in [1.54, 1.807) is 12.1 Å². The standard InChI is InChI=1S/C17H15FN2O4S/c18-12-3-5-13(6-4-12)24-9-7-20-11-15(25-17(20)22)16(21)19-10-14-2-1-8-23-14/h1-6,8,11H,7,9-10H2,(H,19,21). The summed E-state index contributed by atoms with van der Waals surface area (Å²) >= 11 is 0.867. The Labute approximate surface area is 146 Å². The van der Waals surface area contributed by atoms with Crippen LogP contribution in [0.4, 0.5) is 4.39 Å². The molecule has 0 saturated carbocycles. The van der Waals surface area contributed by atoms with Gasteiger partial charge in [-0.05, 0) is 36.4 Å². The molecule has 1 amide bonds. The fourth-order valence-electron chi connectivity index (χ4n) is 2.09. The van der Waals surface area contributed by atoms with Crippen molar-refractivity contribution in [3.8, 4) is 5.75 Å². The van der Waals surface area contributed by atoms with Gasteiger partial charge in [0.15, 0.2) is 0 Å². The Kier molecular flexibility index (Phi) is 5.30. The van der Waals surface area contributed by atoms with E-state index >= 15 is 0 Å². The smallest absolute Gasteiger partial charge is 0.307 e. The zero-order valence-corrected chi connectivity index (χ0v) is 13.9. The van der Waals surface area contributed by atoms with Crippen LogP contribution >= 0.6 is 11.3 Å². The molecule has 2 aromatic heterocycles. The molecule has 0 atom stereocenters. The van der Waals surface area contributed by atoms with Crippen molar-refractivity contribution in [3.05, 3.63) is 75.0 Å². The molecule has 6 nitrogen and oxygen atoms in total. The number of carbonyl (C=O) groups is 1. The quantitative estimate of drug-likeness (QED) is 0.701. The minimum Gasteiger partial charge on any atom is -0.492 e. The first-order valence-corrected chi connectivity index (χ1v) is 8.33. The summed E-state index contributed by atoms with van der Waals surface area (Å²) < 4.78 is 24.8. The van der Waals surface area contributed by atoms with Gasteiger partial charge in [0, 0.05) is 6.20 Å². The van der Waals surface area contributed by atoms with Crippen LogP contribution in [-0.2, 0) is 13.1 Å². The Morgan fingerprint density at radius 3 is 2.80 bits per heavy atom. The van der Waals surface area contributed by atoms with Gasteiger partial charge in [0.1, 0.15) is 28.8 Å². The van der Waals surface area contributed by atoms with Crippen LogP contribution in [-0.4, -0.2) is 17.1 Å². The van der Waals surface area contributed by atoms with E-state index in [2.05, 4.69) is 5.32 Å². The van der Waals surface area contributed by atoms with Crippen LogP contribution < -0.4 is 14.9 Å². The van der Waals surface area contributed by atoms with Crippen LogP contribution in [0.5, 0.6) is 5.75 Å². The minimum atomic E-state index is -0.341. The lowest BCUT2D eigenvalue weighted by Crippen LogP contribution is -2.21. The number of aromatic nitrogens is 1. The van der Waals surface area contributed by atoms with E-state index in [1.165, 1.54) is 41.3 Å². The number of hydrogen-bond donors (Lipinski definition) is 1. The van der Waals surface area contributed by atoms with Crippen LogP contribution in [0.25, 0.3) is 0 Å². The van der Waals surface area contributed by atoms with Crippen molar-refractivity contribution in [2.45, 2.75) is 13.1 Å². The average Bonchev–Trinajstić information content (AvgIpc) is 3.25. The number of benzene rings is 1. The lowest BCUT2D eigenvalue weighted by atomic mass is 10.3. The number of nitrogens with zero attached hydrogens (tertiary/aromatic N) is 1. The average molecular weight is 362 g/mol. The van der Waals surface area contributed by atoms with Gasteiger partial charge in [0.2, 0.25) is 0 Å². The van der Waals surface area contributed by atoms with Gasteiger partial charge in [0.05, 0.1) is 19.4 Å². The van der Waals surface area contributed by atoms with E-state index in [4.69, 9.17) is 9.15 Å². The molecule has 3 rings (SSSR count). The summed E-state index contributed by atoms with van der Waals surface area (Å²) in [4.78, 5) is 24.1. The molecule has 1 aromatic carbocycles. The first-order valence-electron chi connectivity index (χ1n) is 7.51. The number of amides is 1. The lowest BCUT2D eigenvalue weighted by Gasteiger charge is -2.06. The molecule has 25 heavy (non-hydrogen) atoms. The highest BCUT2D eigenvalue weighted by Gasteiger charge is 2.12. The van der Waals surface area contributed by atoms with Gasteiger partial charge in [-0.15, -0.1) is 0 Å². The molecule has 0 aliphatic heterocycles. The second-order valence-corrected chi connectivity index (χ2v) is 6.11. The molecule has 0 radical (unpaired) electrons. The molecule has 130 valence electrons. The van der Waals surface area contributed by atoms with Gasteiger partial charge >= 0.3 is 4.87 Å². The van der Waals surface area contributed by atoms with Gasteiger partial charge < -0.3 is 19.0 Å². The Morgan fingerprint density at radius 1 is 1.28 bits per heavy atom. The molecule has 0 saturated heterocycles. The number of hydrogen-bond acceptors (Lipinski definition) is 5. The summed E-state index contributed by atoms with van der Waals surface area (Å²) in [5.74, 6) is 0.470. The van der Waals surface area contributed by atoms with Crippen molar-refractivity contribution in [1.82, 2.24) is 9.88 Å². The fourth-order valence-corrected chi connectivity index (χ4v) is 2.89. The van der Waals surface area contributed by atoms with Gasteiger partial charge in [-0.2, -0.15) is 0 Å². The lowest BCUT2D eigenvalue weighted by molar-refractivity contribution is 0.0951. The first-order chi connectivity index (χ1) is 12.1. The molecular weight excluding hydrogens is 347 g/mol. The van der Waals surface area contributed by atoms with Crippen LogP contribution in [0.15, 0.2) is 58.1 Å². The second kappa shape index (κ2) is 7.80. The Bertz CT molecular complexity index is 884. The van der Waals surface area contributed by atoms with Crippen molar-refractivity contribution in [3.63, 3.8) is 0 Å². The van der Waals surface area contributed by atoms with Crippen molar-refractivity contribution >= 4 is 17.2 Å². The molecule has 2 heterocycles. The fraction of sp³-hybridized carbons (Fsp3) is 0.176. The minimum absolute atomic E-state index is 0.232. The number of thiazole rings is 1. The van der Waals surface area contributed by atoms with Crippen LogP contribution in [0.3, 0.4) is 0 Å². The van der Waals surface area contributed by atoms with E-state index in [-0.39, 0.29) is 36.3 Å². The monoisotopic (exact) mass is 362 g/mol. The van der Waals surface area contributed by atoms with Crippen LogP contribution in [0.1, 0.15) is 15.4 Å². The topological polar surface area (TPSA) is 73.5 Å². The van der Waals surface area contributed by atoms with Gasteiger partial charge in [-0.1, -0.05) is 11.3 Å². The Balaban J connectivity index is 1.53. The maximum Gasteiger partial charge on any atom is 0.307 e. The molecule has 3 aromatic rings. The maximum atomic E-state index is 12.8. The number of halogens is 1. The van der Waals surface area contributed by atoms with E-state index in [0.717, 1.165) is 11.3 Å². The highest BCUT2D eigenvalue weighted by atomic mass is 32.1. The van der Waals surface area contributed by atoms with E-state index in [1.807, 2.05) is 0 Å². The largest absolute Gasteiger partial charge is 0.492 e. The molecule has 0 aliphatic carbocycles. The molecular formula is C17H15FN2O4S. The normalized spacial score (nSPS) is 10.6. The number of nitrogens with one attached hydrogen (secondary N) is 1.